The Balaban J connectivity index is 1.33. The lowest BCUT2D eigenvalue weighted by Crippen LogP contribution is -2.17. The molecule has 0 saturated heterocycles. The van der Waals surface area contributed by atoms with Gasteiger partial charge < -0.3 is 0 Å². The third kappa shape index (κ3) is 5.55. The van der Waals surface area contributed by atoms with Crippen molar-refractivity contribution in [1.82, 2.24) is 15.4 Å². The third-order valence-electron chi connectivity index (χ3n) is 4.70. The van der Waals surface area contributed by atoms with E-state index >= 15 is 0 Å². The van der Waals surface area contributed by atoms with Crippen LogP contribution in [-0.2, 0) is 5.75 Å². The number of aromatic nitrogens is 2. The zero-order chi connectivity index (χ0) is 21.6. The number of rotatable bonds is 6. The van der Waals surface area contributed by atoms with Gasteiger partial charge in [-0.2, -0.15) is 5.10 Å². The highest BCUT2D eigenvalue weighted by Crippen LogP contribution is 2.20. The van der Waals surface area contributed by atoms with Crippen molar-refractivity contribution in [3.05, 3.63) is 101 Å². The second-order valence-electron chi connectivity index (χ2n) is 7.22. The lowest BCUT2D eigenvalue weighted by molar-refractivity contribution is 0.0955. The van der Waals surface area contributed by atoms with Crippen LogP contribution in [0, 0.1) is 13.8 Å². The lowest BCUT2D eigenvalue weighted by Gasteiger charge is -2.05. The normalized spacial score (nSPS) is 11.2. The summed E-state index contributed by atoms with van der Waals surface area (Å²) in [5, 5.41) is 7.17. The number of nitrogens with zero attached hydrogens (tertiary/aromatic N) is 3. The van der Waals surface area contributed by atoms with E-state index in [2.05, 4.69) is 32.6 Å². The first-order chi connectivity index (χ1) is 15.1. The van der Waals surface area contributed by atoms with Crippen LogP contribution in [-0.4, -0.2) is 22.1 Å². The second-order valence-corrected chi connectivity index (χ2v) is 8.17. The molecule has 0 bridgehead atoms. The molecule has 0 aliphatic rings. The Morgan fingerprint density at radius 3 is 2.39 bits per heavy atom. The second kappa shape index (κ2) is 9.53. The molecule has 0 radical (unpaired) electrons. The first-order valence-corrected chi connectivity index (χ1v) is 10.9. The maximum Gasteiger partial charge on any atom is 0.271 e. The number of thioether (sulfide) groups is 1. The van der Waals surface area contributed by atoms with Crippen molar-refractivity contribution >= 4 is 34.7 Å². The molecule has 1 amide bonds. The molecule has 0 saturated carbocycles. The summed E-state index contributed by atoms with van der Waals surface area (Å²) in [5.41, 5.74) is 7.11. The fraction of sp³-hybridized carbons (Fsp3) is 0.120. The molecule has 1 aromatic heterocycles. The summed E-state index contributed by atoms with van der Waals surface area (Å²) in [5.74, 6) is 0.499. The van der Waals surface area contributed by atoms with Crippen LogP contribution in [0.1, 0.15) is 32.9 Å². The molecule has 1 heterocycles. The Hall–Kier alpha value is -3.51. The highest BCUT2D eigenvalue weighted by atomic mass is 32.2. The van der Waals surface area contributed by atoms with Crippen LogP contribution in [0.5, 0.6) is 0 Å². The number of hydrogen-bond donors (Lipinski definition) is 1. The number of hydrazone groups is 1. The number of hydrogen-bond acceptors (Lipinski definition) is 5. The standard InChI is InChI=1S/C25H22N4OS/c1-17-13-18(2)28-25(27-17)31-16-19-7-11-22(12-8-19)24(30)29-26-15-20-9-10-21-5-3-4-6-23(21)14-20/h3-15H,16H2,1-2H3,(H,29,30)/b26-15+. The van der Waals surface area contributed by atoms with Gasteiger partial charge in [-0.1, -0.05) is 60.3 Å². The minimum absolute atomic E-state index is 0.242. The van der Waals surface area contributed by atoms with E-state index in [1.54, 1.807) is 30.1 Å². The molecule has 0 unspecified atom stereocenters. The molecule has 1 N–H and O–H groups in total. The predicted molar refractivity (Wildman–Crippen MR) is 127 cm³/mol. The van der Waals surface area contributed by atoms with Gasteiger partial charge in [0.05, 0.1) is 6.21 Å². The van der Waals surface area contributed by atoms with Crippen LogP contribution >= 0.6 is 11.8 Å². The monoisotopic (exact) mass is 426 g/mol. The molecule has 4 aromatic rings. The molecule has 0 spiro atoms. The summed E-state index contributed by atoms with van der Waals surface area (Å²) < 4.78 is 0. The van der Waals surface area contributed by atoms with Crippen molar-refractivity contribution < 1.29 is 4.79 Å². The van der Waals surface area contributed by atoms with Gasteiger partial charge in [0.15, 0.2) is 5.16 Å². The quantitative estimate of drug-likeness (QED) is 0.197. The average molecular weight is 427 g/mol. The van der Waals surface area contributed by atoms with E-state index in [-0.39, 0.29) is 5.91 Å². The molecule has 154 valence electrons. The van der Waals surface area contributed by atoms with E-state index in [1.165, 1.54) is 5.39 Å². The van der Waals surface area contributed by atoms with Crippen LogP contribution in [0.15, 0.2) is 83.1 Å². The van der Waals surface area contributed by atoms with Crippen molar-refractivity contribution in [3.8, 4) is 0 Å². The molecular weight excluding hydrogens is 404 g/mol. The molecule has 0 atom stereocenters. The number of benzene rings is 3. The van der Waals surface area contributed by atoms with E-state index < -0.39 is 0 Å². The van der Waals surface area contributed by atoms with Gasteiger partial charge in [-0.3, -0.25) is 4.79 Å². The predicted octanol–water partition coefficient (Wildman–Crippen LogP) is 5.30. The highest BCUT2D eigenvalue weighted by Gasteiger charge is 2.06. The number of nitrogens with one attached hydrogen (secondary N) is 1. The molecule has 5 nitrogen and oxygen atoms in total. The van der Waals surface area contributed by atoms with Crippen molar-refractivity contribution in [3.63, 3.8) is 0 Å². The topological polar surface area (TPSA) is 67.2 Å². The van der Waals surface area contributed by atoms with Gasteiger partial charge in [0, 0.05) is 22.7 Å². The van der Waals surface area contributed by atoms with Crippen molar-refractivity contribution in [1.29, 1.82) is 0 Å². The molecule has 6 heteroatoms. The number of amides is 1. The van der Waals surface area contributed by atoms with Crippen molar-refractivity contribution in [2.24, 2.45) is 5.10 Å². The molecule has 0 aliphatic carbocycles. The smallest absolute Gasteiger partial charge is 0.267 e. The number of carbonyl (C=O) groups excluding carboxylic acids is 1. The average Bonchev–Trinajstić information content (AvgIpc) is 2.77. The SMILES string of the molecule is Cc1cc(C)nc(SCc2ccc(C(=O)N/N=C/c3ccc4ccccc4c3)cc2)n1. The molecular formula is C25H22N4OS. The van der Waals surface area contributed by atoms with Crippen LogP contribution < -0.4 is 5.43 Å². The molecule has 0 fully saturated rings. The zero-order valence-corrected chi connectivity index (χ0v) is 18.2. The third-order valence-corrected chi connectivity index (χ3v) is 5.62. The summed E-state index contributed by atoms with van der Waals surface area (Å²) >= 11 is 1.58. The van der Waals surface area contributed by atoms with Crippen LogP contribution in [0.3, 0.4) is 0 Å². The van der Waals surface area contributed by atoms with Gasteiger partial charge in [-0.05, 0) is 60.0 Å². The van der Waals surface area contributed by atoms with E-state index in [0.29, 0.717) is 5.56 Å². The number of aryl methyl sites for hydroxylation is 2. The van der Waals surface area contributed by atoms with E-state index in [4.69, 9.17) is 0 Å². The molecule has 4 rings (SSSR count). The number of carbonyl (C=O) groups is 1. The van der Waals surface area contributed by atoms with Crippen molar-refractivity contribution in [2.45, 2.75) is 24.8 Å². The van der Waals surface area contributed by atoms with E-state index in [0.717, 1.165) is 38.8 Å². The van der Waals surface area contributed by atoms with E-state index in [9.17, 15) is 4.79 Å². The molecule has 3 aromatic carbocycles. The Bertz CT molecular complexity index is 1230. The van der Waals surface area contributed by atoms with Gasteiger partial charge in [0.25, 0.3) is 5.91 Å². The first kappa shape index (κ1) is 20.8. The molecule has 0 aliphatic heterocycles. The minimum atomic E-state index is -0.242. The van der Waals surface area contributed by atoms with Gasteiger partial charge >= 0.3 is 0 Å². The fourth-order valence-corrected chi connectivity index (χ4v) is 4.08. The maximum atomic E-state index is 12.4. The highest BCUT2D eigenvalue weighted by molar-refractivity contribution is 7.98. The summed E-state index contributed by atoms with van der Waals surface area (Å²) in [6.07, 6.45) is 1.65. The van der Waals surface area contributed by atoms with Crippen LogP contribution in [0.4, 0.5) is 0 Å². The Morgan fingerprint density at radius 2 is 1.65 bits per heavy atom. The summed E-state index contributed by atoms with van der Waals surface area (Å²) in [7, 11) is 0. The fourth-order valence-electron chi connectivity index (χ4n) is 3.18. The summed E-state index contributed by atoms with van der Waals surface area (Å²) in [6, 6.07) is 23.6. The largest absolute Gasteiger partial charge is 0.271 e. The Morgan fingerprint density at radius 1 is 0.935 bits per heavy atom. The van der Waals surface area contributed by atoms with Gasteiger partial charge in [-0.25, -0.2) is 15.4 Å². The first-order valence-electron chi connectivity index (χ1n) is 9.93. The minimum Gasteiger partial charge on any atom is -0.267 e. The van der Waals surface area contributed by atoms with Crippen LogP contribution in [0.25, 0.3) is 10.8 Å². The van der Waals surface area contributed by atoms with Gasteiger partial charge in [0.2, 0.25) is 0 Å². The van der Waals surface area contributed by atoms with Crippen molar-refractivity contribution in [2.75, 3.05) is 0 Å². The molecule has 31 heavy (non-hydrogen) atoms. The lowest BCUT2D eigenvalue weighted by atomic mass is 10.1. The van der Waals surface area contributed by atoms with Gasteiger partial charge in [-0.15, -0.1) is 0 Å². The number of fused-ring (bicyclic) bond motifs is 1. The zero-order valence-electron chi connectivity index (χ0n) is 17.4. The van der Waals surface area contributed by atoms with Gasteiger partial charge in [0.1, 0.15) is 0 Å². The Labute approximate surface area is 185 Å². The summed E-state index contributed by atoms with van der Waals surface area (Å²) in [6.45, 7) is 3.93. The Kier molecular flexibility index (Phi) is 6.38. The summed E-state index contributed by atoms with van der Waals surface area (Å²) in [4.78, 5) is 21.2. The van der Waals surface area contributed by atoms with Crippen LogP contribution in [0.2, 0.25) is 0 Å². The maximum absolute atomic E-state index is 12.4. The van der Waals surface area contributed by atoms with E-state index in [1.807, 2.05) is 62.4 Å².